The molecule has 0 spiro atoms. The van der Waals surface area contributed by atoms with Crippen LogP contribution in [0, 0.1) is 5.92 Å². The molecule has 0 saturated heterocycles. The van der Waals surface area contributed by atoms with Gasteiger partial charge in [-0.15, -0.1) is 0 Å². The SMILES string of the molecule is CC1CCCC(NCC(C)(O)c2ccco2)C1. The highest BCUT2D eigenvalue weighted by atomic mass is 16.4. The Morgan fingerprint density at radius 2 is 2.35 bits per heavy atom. The zero-order valence-electron chi connectivity index (χ0n) is 10.8. The standard InChI is InChI=1S/C14H23NO2/c1-11-5-3-6-12(9-11)15-10-14(2,16)13-7-4-8-17-13/h4,7-8,11-12,15-16H,3,5-6,9-10H2,1-2H3. The van der Waals surface area contributed by atoms with Gasteiger partial charge in [0.2, 0.25) is 0 Å². The third-order valence-corrected chi connectivity index (χ3v) is 3.72. The number of nitrogens with one attached hydrogen (secondary N) is 1. The fraction of sp³-hybridized carbons (Fsp3) is 0.714. The number of rotatable bonds is 4. The molecule has 3 unspecified atom stereocenters. The molecule has 0 amide bonds. The first-order valence-corrected chi connectivity index (χ1v) is 6.57. The molecule has 1 aromatic heterocycles. The molecule has 96 valence electrons. The van der Waals surface area contributed by atoms with Crippen molar-refractivity contribution in [2.24, 2.45) is 5.92 Å². The quantitative estimate of drug-likeness (QED) is 0.846. The van der Waals surface area contributed by atoms with E-state index in [1.165, 1.54) is 25.7 Å². The van der Waals surface area contributed by atoms with Crippen molar-refractivity contribution in [1.82, 2.24) is 5.32 Å². The highest BCUT2D eigenvalue weighted by Crippen LogP contribution is 2.25. The van der Waals surface area contributed by atoms with Gasteiger partial charge < -0.3 is 14.8 Å². The molecule has 0 bridgehead atoms. The Morgan fingerprint density at radius 3 is 3.00 bits per heavy atom. The average Bonchev–Trinajstić information content (AvgIpc) is 2.81. The lowest BCUT2D eigenvalue weighted by Gasteiger charge is -2.30. The van der Waals surface area contributed by atoms with E-state index >= 15 is 0 Å². The van der Waals surface area contributed by atoms with Gasteiger partial charge >= 0.3 is 0 Å². The fourth-order valence-electron chi connectivity index (χ4n) is 2.63. The van der Waals surface area contributed by atoms with Gasteiger partial charge in [-0.25, -0.2) is 0 Å². The number of hydrogen-bond acceptors (Lipinski definition) is 3. The van der Waals surface area contributed by atoms with Crippen molar-refractivity contribution < 1.29 is 9.52 Å². The predicted molar refractivity (Wildman–Crippen MR) is 67.7 cm³/mol. The highest BCUT2D eigenvalue weighted by molar-refractivity contribution is 5.08. The first-order chi connectivity index (χ1) is 8.08. The fourth-order valence-corrected chi connectivity index (χ4v) is 2.63. The summed E-state index contributed by atoms with van der Waals surface area (Å²) in [6.45, 7) is 4.65. The highest BCUT2D eigenvalue weighted by Gasteiger charge is 2.28. The first kappa shape index (κ1) is 12.7. The monoisotopic (exact) mass is 237 g/mol. The van der Waals surface area contributed by atoms with Gasteiger partial charge in [-0.05, 0) is 37.8 Å². The van der Waals surface area contributed by atoms with Crippen LogP contribution in [-0.2, 0) is 5.60 Å². The van der Waals surface area contributed by atoms with E-state index < -0.39 is 5.60 Å². The van der Waals surface area contributed by atoms with Crippen LogP contribution in [0.4, 0.5) is 0 Å². The Balaban J connectivity index is 1.85. The van der Waals surface area contributed by atoms with E-state index in [0.29, 0.717) is 18.3 Å². The van der Waals surface area contributed by atoms with Crippen LogP contribution in [0.25, 0.3) is 0 Å². The molecule has 17 heavy (non-hydrogen) atoms. The molecule has 1 aromatic rings. The minimum Gasteiger partial charge on any atom is -0.466 e. The van der Waals surface area contributed by atoms with E-state index in [2.05, 4.69) is 12.2 Å². The second-order valence-corrected chi connectivity index (χ2v) is 5.60. The number of hydrogen-bond donors (Lipinski definition) is 2. The molecule has 3 heteroatoms. The van der Waals surface area contributed by atoms with Gasteiger partial charge in [-0.3, -0.25) is 0 Å². The molecular weight excluding hydrogens is 214 g/mol. The molecule has 1 heterocycles. The average molecular weight is 237 g/mol. The molecule has 3 nitrogen and oxygen atoms in total. The van der Waals surface area contributed by atoms with Gasteiger partial charge in [0.15, 0.2) is 0 Å². The van der Waals surface area contributed by atoms with E-state index in [9.17, 15) is 5.11 Å². The molecule has 1 saturated carbocycles. The summed E-state index contributed by atoms with van der Waals surface area (Å²) >= 11 is 0. The van der Waals surface area contributed by atoms with E-state index in [4.69, 9.17) is 4.42 Å². The number of furan rings is 1. The van der Waals surface area contributed by atoms with E-state index in [-0.39, 0.29) is 0 Å². The van der Waals surface area contributed by atoms with Gasteiger partial charge in [0.25, 0.3) is 0 Å². The Hall–Kier alpha value is -0.800. The van der Waals surface area contributed by atoms with Crippen LogP contribution >= 0.6 is 0 Å². The molecule has 0 aliphatic heterocycles. The van der Waals surface area contributed by atoms with Crippen molar-refractivity contribution in [1.29, 1.82) is 0 Å². The van der Waals surface area contributed by atoms with E-state index in [1.54, 1.807) is 13.2 Å². The third kappa shape index (κ3) is 3.33. The minimum absolute atomic E-state index is 0.542. The summed E-state index contributed by atoms with van der Waals surface area (Å²) in [5, 5.41) is 13.8. The lowest BCUT2D eigenvalue weighted by molar-refractivity contribution is 0.0295. The Kier molecular flexibility index (Phi) is 3.89. The van der Waals surface area contributed by atoms with Crippen molar-refractivity contribution >= 4 is 0 Å². The smallest absolute Gasteiger partial charge is 0.136 e. The van der Waals surface area contributed by atoms with Crippen LogP contribution < -0.4 is 5.32 Å². The third-order valence-electron chi connectivity index (χ3n) is 3.72. The lowest BCUT2D eigenvalue weighted by atomic mass is 9.86. The normalized spacial score (nSPS) is 28.9. The zero-order valence-corrected chi connectivity index (χ0v) is 10.8. The molecule has 1 aliphatic rings. The zero-order chi connectivity index (χ0) is 12.3. The molecule has 1 aliphatic carbocycles. The summed E-state index contributed by atoms with van der Waals surface area (Å²) in [5.41, 5.74) is -0.913. The minimum atomic E-state index is -0.913. The second-order valence-electron chi connectivity index (χ2n) is 5.60. The van der Waals surface area contributed by atoms with Crippen LogP contribution in [0.5, 0.6) is 0 Å². The molecule has 3 atom stereocenters. The van der Waals surface area contributed by atoms with Crippen molar-refractivity contribution in [2.75, 3.05) is 6.54 Å². The molecule has 2 rings (SSSR count). The second kappa shape index (κ2) is 5.23. The summed E-state index contributed by atoms with van der Waals surface area (Å²) in [6.07, 6.45) is 6.67. The summed E-state index contributed by atoms with van der Waals surface area (Å²) in [4.78, 5) is 0. The van der Waals surface area contributed by atoms with Crippen molar-refractivity contribution in [2.45, 2.75) is 51.2 Å². The Bertz CT molecular complexity index is 332. The van der Waals surface area contributed by atoms with Crippen molar-refractivity contribution in [3.63, 3.8) is 0 Å². The maximum atomic E-state index is 10.3. The maximum Gasteiger partial charge on any atom is 0.136 e. The van der Waals surface area contributed by atoms with E-state index in [1.807, 2.05) is 12.1 Å². The summed E-state index contributed by atoms with van der Waals surface area (Å²) in [5.74, 6) is 1.43. The van der Waals surface area contributed by atoms with Gasteiger partial charge in [-0.1, -0.05) is 19.8 Å². The van der Waals surface area contributed by atoms with Gasteiger partial charge in [0, 0.05) is 12.6 Å². The van der Waals surface area contributed by atoms with Gasteiger partial charge in [0.1, 0.15) is 11.4 Å². The van der Waals surface area contributed by atoms with Crippen LogP contribution in [-0.4, -0.2) is 17.7 Å². The van der Waals surface area contributed by atoms with Gasteiger partial charge in [-0.2, -0.15) is 0 Å². The van der Waals surface area contributed by atoms with Crippen molar-refractivity contribution in [3.05, 3.63) is 24.2 Å². The largest absolute Gasteiger partial charge is 0.466 e. The van der Waals surface area contributed by atoms with Crippen LogP contribution in [0.3, 0.4) is 0 Å². The van der Waals surface area contributed by atoms with Crippen molar-refractivity contribution in [3.8, 4) is 0 Å². The summed E-state index contributed by atoms with van der Waals surface area (Å²) < 4.78 is 5.27. The summed E-state index contributed by atoms with van der Waals surface area (Å²) in [6, 6.07) is 4.18. The molecular formula is C14H23NO2. The van der Waals surface area contributed by atoms with Crippen LogP contribution in [0.1, 0.15) is 45.3 Å². The molecule has 2 N–H and O–H groups in total. The van der Waals surface area contributed by atoms with Gasteiger partial charge in [0.05, 0.1) is 6.26 Å². The van der Waals surface area contributed by atoms with Crippen LogP contribution in [0.15, 0.2) is 22.8 Å². The van der Waals surface area contributed by atoms with Crippen LogP contribution in [0.2, 0.25) is 0 Å². The first-order valence-electron chi connectivity index (χ1n) is 6.57. The molecule has 1 fully saturated rings. The molecule has 0 aromatic carbocycles. The van der Waals surface area contributed by atoms with E-state index in [0.717, 1.165) is 5.92 Å². The topological polar surface area (TPSA) is 45.4 Å². The Morgan fingerprint density at radius 1 is 1.53 bits per heavy atom. The Labute approximate surface area is 103 Å². The summed E-state index contributed by atoms with van der Waals surface area (Å²) in [7, 11) is 0. The maximum absolute atomic E-state index is 10.3. The lowest BCUT2D eigenvalue weighted by Crippen LogP contribution is -2.42. The molecule has 0 radical (unpaired) electrons. The predicted octanol–water partition coefficient (Wildman–Crippen LogP) is 2.66. The number of aliphatic hydroxyl groups is 1.